The Morgan fingerprint density at radius 1 is 1.08 bits per heavy atom. The van der Waals surface area contributed by atoms with Gasteiger partial charge < -0.3 is 20.1 Å². The highest BCUT2D eigenvalue weighted by molar-refractivity contribution is 5.94. The maximum atomic E-state index is 12.4. The second-order valence-electron chi connectivity index (χ2n) is 6.98. The van der Waals surface area contributed by atoms with Crippen LogP contribution in [0, 0.1) is 5.41 Å². The van der Waals surface area contributed by atoms with E-state index in [1.807, 2.05) is 12.1 Å². The molecule has 0 aromatic heterocycles. The second kappa shape index (κ2) is 7.87. The van der Waals surface area contributed by atoms with Crippen molar-refractivity contribution in [2.24, 2.45) is 5.41 Å². The van der Waals surface area contributed by atoms with Gasteiger partial charge in [-0.25, -0.2) is 0 Å². The molecule has 1 aromatic rings. The summed E-state index contributed by atoms with van der Waals surface area (Å²) in [5, 5.41) is 12.4. The van der Waals surface area contributed by atoms with Gasteiger partial charge in [-0.1, -0.05) is 19.3 Å². The van der Waals surface area contributed by atoms with Gasteiger partial charge in [0.25, 0.3) is 5.91 Å². The van der Waals surface area contributed by atoms with Gasteiger partial charge in [-0.2, -0.15) is 0 Å². The van der Waals surface area contributed by atoms with E-state index >= 15 is 0 Å². The Morgan fingerprint density at radius 3 is 2.32 bits per heavy atom. The molecule has 3 rings (SSSR count). The molecule has 25 heavy (non-hydrogen) atoms. The van der Waals surface area contributed by atoms with Crippen molar-refractivity contribution in [3.63, 3.8) is 0 Å². The van der Waals surface area contributed by atoms with Crippen LogP contribution in [0.5, 0.6) is 0 Å². The summed E-state index contributed by atoms with van der Waals surface area (Å²) in [5.74, 6) is -1.00. The van der Waals surface area contributed by atoms with Crippen LogP contribution in [0.15, 0.2) is 24.3 Å². The van der Waals surface area contributed by atoms with Crippen molar-refractivity contribution in [2.75, 3.05) is 37.7 Å². The third-order valence-corrected chi connectivity index (χ3v) is 5.36. The number of carbonyl (C=O) groups is 2. The number of ether oxygens (including phenoxy) is 1. The van der Waals surface area contributed by atoms with Crippen molar-refractivity contribution in [1.29, 1.82) is 0 Å². The van der Waals surface area contributed by atoms with Crippen LogP contribution in [0.25, 0.3) is 0 Å². The van der Waals surface area contributed by atoms with E-state index in [-0.39, 0.29) is 12.5 Å². The molecule has 1 saturated heterocycles. The SMILES string of the molecule is O=C(NCC1(C(=O)O)CCCCC1)c1ccc(N2CCOCC2)cc1. The first-order chi connectivity index (χ1) is 12.1. The topological polar surface area (TPSA) is 78.9 Å². The van der Waals surface area contributed by atoms with E-state index < -0.39 is 11.4 Å². The summed E-state index contributed by atoms with van der Waals surface area (Å²) in [6, 6.07) is 7.48. The number of hydrogen-bond acceptors (Lipinski definition) is 4. The zero-order valence-electron chi connectivity index (χ0n) is 14.5. The Morgan fingerprint density at radius 2 is 1.72 bits per heavy atom. The average Bonchev–Trinajstić information content (AvgIpc) is 2.67. The number of rotatable bonds is 5. The van der Waals surface area contributed by atoms with Gasteiger partial charge in [0.2, 0.25) is 0 Å². The lowest BCUT2D eigenvalue weighted by atomic mass is 9.74. The monoisotopic (exact) mass is 346 g/mol. The van der Waals surface area contributed by atoms with Crippen LogP contribution in [0.2, 0.25) is 0 Å². The van der Waals surface area contributed by atoms with Gasteiger partial charge in [0, 0.05) is 30.9 Å². The summed E-state index contributed by atoms with van der Waals surface area (Å²) in [7, 11) is 0. The summed E-state index contributed by atoms with van der Waals surface area (Å²) in [6.07, 6.45) is 4.18. The first-order valence-electron chi connectivity index (χ1n) is 9.05. The van der Waals surface area contributed by atoms with E-state index in [4.69, 9.17) is 4.74 Å². The van der Waals surface area contributed by atoms with Gasteiger partial charge >= 0.3 is 5.97 Å². The van der Waals surface area contributed by atoms with Crippen molar-refractivity contribution in [2.45, 2.75) is 32.1 Å². The largest absolute Gasteiger partial charge is 0.481 e. The second-order valence-corrected chi connectivity index (χ2v) is 6.98. The smallest absolute Gasteiger partial charge is 0.311 e. The fourth-order valence-electron chi connectivity index (χ4n) is 3.69. The van der Waals surface area contributed by atoms with Gasteiger partial charge in [0.15, 0.2) is 0 Å². The molecule has 0 spiro atoms. The van der Waals surface area contributed by atoms with Crippen LogP contribution < -0.4 is 10.2 Å². The minimum absolute atomic E-state index is 0.201. The van der Waals surface area contributed by atoms with E-state index in [1.165, 1.54) is 0 Å². The Hall–Kier alpha value is -2.08. The quantitative estimate of drug-likeness (QED) is 0.855. The zero-order chi connectivity index (χ0) is 17.7. The highest BCUT2D eigenvalue weighted by atomic mass is 16.5. The molecule has 1 aromatic carbocycles. The third kappa shape index (κ3) is 4.12. The minimum Gasteiger partial charge on any atom is -0.481 e. The van der Waals surface area contributed by atoms with Crippen LogP contribution in [-0.4, -0.2) is 49.8 Å². The zero-order valence-corrected chi connectivity index (χ0v) is 14.5. The minimum atomic E-state index is -0.804. The molecule has 1 aliphatic heterocycles. The number of nitrogens with zero attached hydrogens (tertiary/aromatic N) is 1. The maximum absolute atomic E-state index is 12.4. The summed E-state index contributed by atoms with van der Waals surface area (Å²) in [4.78, 5) is 26.3. The van der Waals surface area contributed by atoms with E-state index in [0.717, 1.165) is 51.3 Å². The molecule has 1 saturated carbocycles. The summed E-state index contributed by atoms with van der Waals surface area (Å²) in [6.45, 7) is 3.35. The lowest BCUT2D eigenvalue weighted by Crippen LogP contribution is -2.44. The highest BCUT2D eigenvalue weighted by Crippen LogP contribution is 2.36. The first kappa shape index (κ1) is 17.7. The van der Waals surface area contributed by atoms with Crippen LogP contribution in [0.4, 0.5) is 5.69 Å². The lowest BCUT2D eigenvalue weighted by Gasteiger charge is -2.33. The number of carbonyl (C=O) groups excluding carboxylic acids is 1. The predicted octanol–water partition coefficient (Wildman–Crippen LogP) is 2.29. The molecule has 1 amide bonds. The number of morpholine rings is 1. The number of nitrogens with one attached hydrogen (secondary N) is 1. The fraction of sp³-hybridized carbons (Fsp3) is 0.579. The lowest BCUT2D eigenvalue weighted by molar-refractivity contribution is -0.150. The fourth-order valence-corrected chi connectivity index (χ4v) is 3.69. The number of carboxylic acid groups (broad SMARTS) is 1. The van der Waals surface area contributed by atoms with Gasteiger partial charge in [-0.05, 0) is 37.1 Å². The van der Waals surface area contributed by atoms with Crippen LogP contribution in [-0.2, 0) is 9.53 Å². The van der Waals surface area contributed by atoms with Gasteiger partial charge in [-0.3, -0.25) is 9.59 Å². The van der Waals surface area contributed by atoms with Crippen LogP contribution >= 0.6 is 0 Å². The normalized spacial score (nSPS) is 20.1. The summed E-state index contributed by atoms with van der Waals surface area (Å²) < 4.78 is 5.35. The molecular formula is C19H26N2O4. The van der Waals surface area contributed by atoms with E-state index in [2.05, 4.69) is 10.2 Å². The maximum Gasteiger partial charge on any atom is 0.311 e. The number of hydrogen-bond donors (Lipinski definition) is 2. The van der Waals surface area contributed by atoms with Crippen molar-refractivity contribution in [3.8, 4) is 0 Å². The Balaban J connectivity index is 1.60. The number of carboxylic acids is 1. The Labute approximate surface area is 148 Å². The molecule has 0 unspecified atom stereocenters. The first-order valence-corrected chi connectivity index (χ1v) is 9.05. The molecule has 2 fully saturated rings. The summed E-state index contributed by atoms with van der Waals surface area (Å²) in [5.41, 5.74) is 0.837. The van der Waals surface area contributed by atoms with Gasteiger partial charge in [0.1, 0.15) is 0 Å². The van der Waals surface area contributed by atoms with Crippen LogP contribution in [0.3, 0.4) is 0 Å². The van der Waals surface area contributed by atoms with Crippen molar-refractivity contribution in [3.05, 3.63) is 29.8 Å². The molecule has 136 valence electrons. The molecule has 6 heteroatoms. The molecule has 0 atom stereocenters. The molecule has 0 radical (unpaired) electrons. The average molecular weight is 346 g/mol. The molecular weight excluding hydrogens is 320 g/mol. The molecule has 2 N–H and O–H groups in total. The number of aliphatic carboxylic acids is 1. The van der Waals surface area contributed by atoms with Crippen LogP contribution in [0.1, 0.15) is 42.5 Å². The standard InChI is InChI=1S/C19H26N2O4/c22-17(20-14-19(18(23)24)8-2-1-3-9-19)15-4-6-16(7-5-15)21-10-12-25-13-11-21/h4-7H,1-3,8-14H2,(H,20,22)(H,23,24). The summed E-state index contributed by atoms with van der Waals surface area (Å²) >= 11 is 0. The third-order valence-electron chi connectivity index (χ3n) is 5.36. The number of anilines is 1. The van der Waals surface area contributed by atoms with Gasteiger partial charge in [-0.15, -0.1) is 0 Å². The molecule has 2 aliphatic rings. The number of benzene rings is 1. The van der Waals surface area contributed by atoms with Crippen molar-refractivity contribution >= 4 is 17.6 Å². The number of amides is 1. The van der Waals surface area contributed by atoms with E-state index in [9.17, 15) is 14.7 Å². The molecule has 6 nitrogen and oxygen atoms in total. The van der Waals surface area contributed by atoms with Gasteiger partial charge in [0.05, 0.1) is 18.6 Å². The highest BCUT2D eigenvalue weighted by Gasteiger charge is 2.39. The molecule has 1 aliphatic carbocycles. The van der Waals surface area contributed by atoms with Crippen molar-refractivity contribution < 1.29 is 19.4 Å². The Kier molecular flexibility index (Phi) is 5.58. The molecule has 1 heterocycles. The Bertz CT molecular complexity index is 602. The molecule has 0 bridgehead atoms. The van der Waals surface area contributed by atoms with Crippen molar-refractivity contribution in [1.82, 2.24) is 5.32 Å². The predicted molar refractivity (Wildman–Crippen MR) is 95.0 cm³/mol. The van der Waals surface area contributed by atoms with E-state index in [0.29, 0.717) is 18.4 Å². The van der Waals surface area contributed by atoms with E-state index in [1.54, 1.807) is 12.1 Å².